The molecule has 1 N–H and O–H groups in total. The molecule has 0 unspecified atom stereocenters. The number of ether oxygens (including phenoxy) is 2. The molecule has 1 amide bonds. The molecule has 46 heavy (non-hydrogen) atoms. The predicted octanol–water partition coefficient (Wildman–Crippen LogP) is 6.61. The van der Waals surface area contributed by atoms with Crippen molar-refractivity contribution in [3.63, 3.8) is 0 Å². The Hall–Kier alpha value is -4.94. The summed E-state index contributed by atoms with van der Waals surface area (Å²) in [5, 5.41) is 2.63. The molecule has 8 nitrogen and oxygen atoms in total. The van der Waals surface area contributed by atoms with Crippen LogP contribution in [0.4, 0.5) is 26.7 Å². The molecule has 0 aliphatic rings. The maximum absolute atomic E-state index is 15.6. The number of methoxy groups -OCH3 is 1. The molecule has 0 fully saturated rings. The van der Waals surface area contributed by atoms with Gasteiger partial charge >= 0.3 is 18.0 Å². The Morgan fingerprint density at radius 3 is 2.17 bits per heavy atom. The summed E-state index contributed by atoms with van der Waals surface area (Å²) in [4.78, 5) is 40.9. The zero-order valence-corrected chi connectivity index (χ0v) is 25.7. The van der Waals surface area contributed by atoms with Crippen LogP contribution in [0.15, 0.2) is 76.3 Å². The molecule has 4 rings (SSSR count). The first kappa shape index (κ1) is 33.9. The van der Waals surface area contributed by atoms with Crippen molar-refractivity contribution < 1.29 is 36.2 Å². The van der Waals surface area contributed by atoms with Crippen molar-refractivity contribution in [3.05, 3.63) is 122 Å². The first-order chi connectivity index (χ1) is 21.5. The van der Waals surface area contributed by atoms with E-state index in [1.807, 2.05) is 0 Å². The van der Waals surface area contributed by atoms with Crippen LogP contribution in [0, 0.1) is 18.6 Å². The average Bonchev–Trinajstić information content (AvgIpc) is 2.97. The summed E-state index contributed by atoms with van der Waals surface area (Å²) in [6.07, 6.45) is -5.84. The number of alkyl carbamates (subject to hydrolysis) is 1. The normalized spacial score (nSPS) is 12.5. The Morgan fingerprint density at radius 1 is 0.913 bits per heavy atom. The molecular formula is C33H32F5N3O5. The number of nitrogens with one attached hydrogen (secondary N) is 1. The zero-order chi connectivity index (χ0) is 34.0. The van der Waals surface area contributed by atoms with Gasteiger partial charge in [-0.05, 0) is 51.5 Å². The lowest BCUT2D eigenvalue weighted by molar-refractivity contribution is -0.138. The number of hydrogen-bond donors (Lipinski definition) is 1. The number of alkyl halides is 3. The van der Waals surface area contributed by atoms with E-state index in [1.54, 1.807) is 51.1 Å². The highest BCUT2D eigenvalue weighted by Crippen LogP contribution is 2.34. The van der Waals surface area contributed by atoms with Gasteiger partial charge in [0.2, 0.25) is 0 Å². The van der Waals surface area contributed by atoms with E-state index in [2.05, 4.69) is 5.32 Å². The molecule has 1 aromatic heterocycles. The minimum atomic E-state index is -4.97. The predicted molar refractivity (Wildman–Crippen MR) is 161 cm³/mol. The van der Waals surface area contributed by atoms with Gasteiger partial charge in [0.15, 0.2) is 11.6 Å². The topological polar surface area (TPSA) is 91.6 Å². The van der Waals surface area contributed by atoms with Crippen LogP contribution in [0.5, 0.6) is 5.75 Å². The van der Waals surface area contributed by atoms with E-state index in [-0.39, 0.29) is 22.6 Å². The van der Waals surface area contributed by atoms with Gasteiger partial charge in [0, 0.05) is 16.8 Å². The molecule has 0 saturated heterocycles. The Balaban J connectivity index is 2.00. The first-order valence-electron chi connectivity index (χ1n) is 14.1. The van der Waals surface area contributed by atoms with Gasteiger partial charge in [0.1, 0.15) is 11.4 Å². The van der Waals surface area contributed by atoms with Crippen molar-refractivity contribution in [1.29, 1.82) is 0 Å². The first-order valence-corrected chi connectivity index (χ1v) is 14.1. The lowest BCUT2D eigenvalue weighted by Gasteiger charge is -2.25. The van der Waals surface area contributed by atoms with E-state index in [0.29, 0.717) is 16.2 Å². The van der Waals surface area contributed by atoms with Gasteiger partial charge in [0.25, 0.3) is 5.56 Å². The van der Waals surface area contributed by atoms with Crippen LogP contribution >= 0.6 is 0 Å². The van der Waals surface area contributed by atoms with Crippen LogP contribution in [-0.2, 0) is 24.0 Å². The zero-order valence-electron chi connectivity index (χ0n) is 25.7. The molecule has 0 aliphatic carbocycles. The van der Waals surface area contributed by atoms with E-state index in [9.17, 15) is 31.9 Å². The molecule has 0 radical (unpaired) electrons. The Labute approximate surface area is 261 Å². The number of halogens is 5. The maximum atomic E-state index is 15.6. The molecule has 0 saturated carbocycles. The molecule has 1 atom stereocenters. The number of rotatable bonds is 8. The van der Waals surface area contributed by atoms with Crippen LogP contribution in [0.25, 0.3) is 11.1 Å². The summed E-state index contributed by atoms with van der Waals surface area (Å²) < 4.78 is 84.3. The van der Waals surface area contributed by atoms with E-state index in [4.69, 9.17) is 9.47 Å². The number of benzene rings is 3. The summed E-state index contributed by atoms with van der Waals surface area (Å²) in [5.41, 5.74) is -5.62. The second kappa shape index (κ2) is 13.2. The highest BCUT2D eigenvalue weighted by Gasteiger charge is 2.35. The highest BCUT2D eigenvalue weighted by molar-refractivity contribution is 5.69. The number of carbonyl (C=O) groups excluding carboxylic acids is 1. The summed E-state index contributed by atoms with van der Waals surface area (Å²) in [5.74, 6) is -2.43. The fourth-order valence-corrected chi connectivity index (χ4v) is 5.01. The molecule has 0 spiro atoms. The number of amides is 1. The molecule has 0 bridgehead atoms. The largest absolute Gasteiger partial charge is 0.494 e. The van der Waals surface area contributed by atoms with Crippen molar-refractivity contribution in [2.75, 3.05) is 7.11 Å². The van der Waals surface area contributed by atoms with Crippen molar-refractivity contribution in [2.45, 2.75) is 58.6 Å². The van der Waals surface area contributed by atoms with Crippen LogP contribution in [0.1, 0.15) is 49.2 Å². The Bertz CT molecular complexity index is 1860. The van der Waals surface area contributed by atoms with Gasteiger partial charge in [0.05, 0.1) is 37.4 Å². The Kier molecular flexibility index (Phi) is 9.74. The highest BCUT2D eigenvalue weighted by atomic mass is 19.4. The van der Waals surface area contributed by atoms with Crippen molar-refractivity contribution >= 4 is 6.09 Å². The number of aromatic nitrogens is 2. The van der Waals surface area contributed by atoms with Gasteiger partial charge in [-0.1, -0.05) is 48.5 Å². The third-order valence-electron chi connectivity index (χ3n) is 7.14. The molecule has 1 heterocycles. The summed E-state index contributed by atoms with van der Waals surface area (Å²) in [6, 6.07) is 13.5. The molecule has 13 heteroatoms. The quantitative estimate of drug-likeness (QED) is 0.218. The minimum Gasteiger partial charge on any atom is -0.494 e. The van der Waals surface area contributed by atoms with Gasteiger partial charge in [-0.15, -0.1) is 0 Å². The van der Waals surface area contributed by atoms with Gasteiger partial charge in [-0.2, -0.15) is 13.2 Å². The van der Waals surface area contributed by atoms with Crippen molar-refractivity contribution in [3.8, 4) is 16.9 Å². The number of carbonyl (C=O) groups is 1. The van der Waals surface area contributed by atoms with Gasteiger partial charge < -0.3 is 14.8 Å². The lowest BCUT2D eigenvalue weighted by atomic mass is 10.0. The molecule has 244 valence electrons. The number of hydrogen-bond acceptors (Lipinski definition) is 5. The van der Waals surface area contributed by atoms with E-state index in [0.717, 1.165) is 16.7 Å². The molecule has 4 aromatic rings. The molecular weight excluding hydrogens is 613 g/mol. The van der Waals surface area contributed by atoms with Crippen molar-refractivity contribution in [2.24, 2.45) is 0 Å². The monoisotopic (exact) mass is 645 g/mol. The standard InChI is InChI=1S/C33H32F5N3O5/c1-19-27(21-13-9-16-26(45-5)28(21)35)29(42)41(18-25(20-11-7-6-8-12-20)39-30(43)46-32(2,3)4)31(44)40(19)17-22-23(33(36,37)38)14-10-15-24(22)34/h6-16,25H,17-18H2,1-5H3,(H,39,43)/t25-/m0/s1. The lowest BCUT2D eigenvalue weighted by Crippen LogP contribution is -2.46. The van der Waals surface area contributed by atoms with Gasteiger partial charge in [-0.3, -0.25) is 13.9 Å². The summed E-state index contributed by atoms with van der Waals surface area (Å²) in [7, 11) is 1.21. The van der Waals surface area contributed by atoms with E-state index < -0.39 is 71.0 Å². The minimum absolute atomic E-state index is 0.217. The van der Waals surface area contributed by atoms with Gasteiger partial charge in [-0.25, -0.2) is 18.4 Å². The molecule has 3 aromatic carbocycles. The third-order valence-corrected chi connectivity index (χ3v) is 7.14. The Morgan fingerprint density at radius 2 is 1.57 bits per heavy atom. The average molecular weight is 646 g/mol. The van der Waals surface area contributed by atoms with Crippen LogP contribution in [0.3, 0.4) is 0 Å². The SMILES string of the molecule is COc1cccc(-c2c(C)n(Cc3c(F)cccc3C(F)(F)F)c(=O)n(C[C@H](NC(=O)OC(C)(C)C)c3ccccc3)c2=O)c1F. The fraction of sp³-hybridized carbons (Fsp3) is 0.303. The van der Waals surface area contributed by atoms with Crippen LogP contribution < -0.4 is 21.3 Å². The van der Waals surface area contributed by atoms with E-state index >= 15 is 4.39 Å². The van der Waals surface area contributed by atoms with Crippen molar-refractivity contribution in [1.82, 2.24) is 14.5 Å². The molecule has 0 aliphatic heterocycles. The third kappa shape index (κ3) is 7.30. The van der Waals surface area contributed by atoms with Crippen LogP contribution in [0.2, 0.25) is 0 Å². The maximum Gasteiger partial charge on any atom is 0.416 e. The summed E-state index contributed by atoms with van der Waals surface area (Å²) in [6.45, 7) is 4.69. The van der Waals surface area contributed by atoms with E-state index in [1.165, 1.54) is 32.2 Å². The van der Waals surface area contributed by atoms with Crippen LogP contribution in [-0.4, -0.2) is 27.9 Å². The summed E-state index contributed by atoms with van der Waals surface area (Å²) >= 11 is 0. The second-order valence-corrected chi connectivity index (χ2v) is 11.4. The number of nitrogens with zero attached hydrogens (tertiary/aromatic N) is 2. The fourth-order valence-electron chi connectivity index (χ4n) is 5.01. The smallest absolute Gasteiger partial charge is 0.416 e. The second-order valence-electron chi connectivity index (χ2n) is 11.4.